The average molecular weight is 237 g/mol. The van der Waals surface area contributed by atoms with Gasteiger partial charge in [-0.3, -0.25) is 4.68 Å². The van der Waals surface area contributed by atoms with Crippen molar-refractivity contribution in [2.24, 2.45) is 5.73 Å². The number of hydrogen-bond donors (Lipinski definition) is 1. The van der Waals surface area contributed by atoms with Gasteiger partial charge in [-0.25, -0.2) is 0 Å². The Labute approximate surface area is 102 Å². The summed E-state index contributed by atoms with van der Waals surface area (Å²) in [4.78, 5) is 0. The van der Waals surface area contributed by atoms with Crippen LogP contribution in [0.25, 0.3) is 0 Å². The molecule has 2 N–H and O–H groups in total. The Kier molecular flexibility index (Phi) is 3.05. The van der Waals surface area contributed by atoms with Gasteiger partial charge in [0.05, 0.1) is 17.7 Å². The Morgan fingerprint density at radius 3 is 2.41 bits per heavy atom. The summed E-state index contributed by atoms with van der Waals surface area (Å²) < 4.78 is 13.7. The second-order valence-corrected chi connectivity index (χ2v) is 5.41. The summed E-state index contributed by atoms with van der Waals surface area (Å²) in [6.07, 6.45) is 3.70. The monoisotopic (exact) mass is 237 g/mol. The first-order valence-corrected chi connectivity index (χ1v) is 5.94. The molecule has 0 aliphatic carbocycles. The van der Waals surface area contributed by atoms with Gasteiger partial charge in [0.25, 0.3) is 0 Å². The van der Waals surface area contributed by atoms with Gasteiger partial charge >= 0.3 is 7.12 Å². The lowest BCUT2D eigenvalue weighted by Gasteiger charge is -2.32. The molecule has 2 rings (SSSR count). The molecular formula is C11H20BN3O2. The molecule has 0 saturated carbocycles. The summed E-state index contributed by atoms with van der Waals surface area (Å²) in [5, 5.41) is 4.22. The molecule has 1 saturated heterocycles. The maximum Gasteiger partial charge on any atom is 0.498 e. The van der Waals surface area contributed by atoms with Crippen molar-refractivity contribution in [1.82, 2.24) is 9.78 Å². The predicted molar refractivity (Wildman–Crippen MR) is 67.0 cm³/mol. The molecule has 0 atom stereocenters. The Bertz CT molecular complexity index is 387. The van der Waals surface area contributed by atoms with Gasteiger partial charge in [0.2, 0.25) is 0 Å². The lowest BCUT2D eigenvalue weighted by Crippen LogP contribution is -2.41. The molecule has 17 heavy (non-hydrogen) atoms. The first-order chi connectivity index (χ1) is 7.86. The van der Waals surface area contributed by atoms with Gasteiger partial charge in [-0.2, -0.15) is 5.10 Å². The molecule has 0 bridgehead atoms. The second kappa shape index (κ2) is 4.12. The Morgan fingerprint density at radius 1 is 1.29 bits per heavy atom. The fraction of sp³-hybridized carbons (Fsp3) is 0.727. The predicted octanol–water partition coefficient (Wildman–Crippen LogP) is 0.141. The third-order valence-corrected chi connectivity index (χ3v) is 3.54. The molecule has 94 valence electrons. The zero-order chi connectivity index (χ0) is 12.7. The summed E-state index contributed by atoms with van der Waals surface area (Å²) in [6, 6.07) is 0. The highest BCUT2D eigenvalue weighted by Gasteiger charge is 2.52. The average Bonchev–Trinajstić information content (AvgIpc) is 2.71. The zero-order valence-electron chi connectivity index (χ0n) is 10.9. The minimum Gasteiger partial charge on any atom is -0.399 e. The fourth-order valence-electron chi connectivity index (χ4n) is 1.73. The lowest BCUT2D eigenvalue weighted by molar-refractivity contribution is 0.00578. The van der Waals surface area contributed by atoms with Crippen molar-refractivity contribution in [1.29, 1.82) is 0 Å². The Morgan fingerprint density at radius 2 is 1.88 bits per heavy atom. The van der Waals surface area contributed by atoms with Crippen LogP contribution >= 0.6 is 0 Å². The van der Waals surface area contributed by atoms with E-state index in [4.69, 9.17) is 15.0 Å². The summed E-state index contributed by atoms with van der Waals surface area (Å²) in [6.45, 7) is 9.44. The maximum absolute atomic E-state index is 5.93. The van der Waals surface area contributed by atoms with E-state index in [1.165, 1.54) is 0 Å². The van der Waals surface area contributed by atoms with Gasteiger partial charge in [-0.05, 0) is 27.7 Å². The van der Waals surface area contributed by atoms with Crippen LogP contribution in [0.4, 0.5) is 0 Å². The molecule has 2 heterocycles. The van der Waals surface area contributed by atoms with E-state index in [1.54, 1.807) is 10.9 Å². The molecule has 1 aromatic rings. The van der Waals surface area contributed by atoms with Crippen molar-refractivity contribution in [2.45, 2.75) is 45.4 Å². The normalized spacial score (nSPS) is 22.1. The van der Waals surface area contributed by atoms with Gasteiger partial charge in [0, 0.05) is 24.4 Å². The quantitative estimate of drug-likeness (QED) is 0.759. The number of nitrogens with two attached hydrogens (primary N) is 1. The lowest BCUT2D eigenvalue weighted by atomic mass is 9.82. The first-order valence-electron chi connectivity index (χ1n) is 5.94. The first kappa shape index (κ1) is 12.6. The minimum absolute atomic E-state index is 0.312. The molecule has 0 aromatic carbocycles. The third kappa shape index (κ3) is 2.25. The van der Waals surface area contributed by atoms with Crippen molar-refractivity contribution in [3.8, 4) is 0 Å². The molecule has 0 radical (unpaired) electrons. The van der Waals surface area contributed by atoms with Crippen LogP contribution in [-0.4, -0.2) is 34.6 Å². The summed E-state index contributed by atoms with van der Waals surface area (Å²) in [5.41, 5.74) is 5.80. The van der Waals surface area contributed by atoms with E-state index in [9.17, 15) is 0 Å². The van der Waals surface area contributed by atoms with Crippen molar-refractivity contribution >= 4 is 12.6 Å². The summed E-state index contributed by atoms with van der Waals surface area (Å²) >= 11 is 0. The van der Waals surface area contributed by atoms with Crippen LogP contribution in [0.15, 0.2) is 12.4 Å². The Hall–Kier alpha value is -0.845. The second-order valence-electron chi connectivity index (χ2n) is 5.41. The van der Waals surface area contributed by atoms with E-state index in [2.05, 4.69) is 5.10 Å². The van der Waals surface area contributed by atoms with Crippen LogP contribution in [0.3, 0.4) is 0 Å². The SMILES string of the molecule is CC1(C)OB(c2cnn(CCN)c2)OC1(C)C. The molecule has 0 spiro atoms. The third-order valence-electron chi connectivity index (χ3n) is 3.54. The van der Waals surface area contributed by atoms with Crippen LogP contribution in [0.5, 0.6) is 0 Å². The highest BCUT2D eigenvalue weighted by atomic mass is 16.7. The number of nitrogens with zero attached hydrogens (tertiary/aromatic N) is 2. The van der Waals surface area contributed by atoms with Crippen LogP contribution in [0.1, 0.15) is 27.7 Å². The van der Waals surface area contributed by atoms with Crippen LogP contribution in [-0.2, 0) is 15.9 Å². The van der Waals surface area contributed by atoms with Crippen LogP contribution in [0, 0.1) is 0 Å². The van der Waals surface area contributed by atoms with Crippen LogP contribution < -0.4 is 11.2 Å². The molecule has 1 aliphatic rings. The smallest absolute Gasteiger partial charge is 0.399 e. The molecule has 0 amide bonds. The van der Waals surface area contributed by atoms with Gasteiger partial charge in [0.1, 0.15) is 0 Å². The van der Waals surface area contributed by atoms with E-state index in [0.717, 1.165) is 5.46 Å². The fourth-order valence-corrected chi connectivity index (χ4v) is 1.73. The zero-order valence-corrected chi connectivity index (χ0v) is 10.9. The van der Waals surface area contributed by atoms with E-state index < -0.39 is 0 Å². The highest BCUT2D eigenvalue weighted by molar-refractivity contribution is 6.61. The van der Waals surface area contributed by atoms with Crippen molar-refractivity contribution in [3.63, 3.8) is 0 Å². The van der Waals surface area contributed by atoms with E-state index in [0.29, 0.717) is 13.1 Å². The number of hydrogen-bond acceptors (Lipinski definition) is 4. The largest absolute Gasteiger partial charge is 0.498 e. The minimum atomic E-state index is -0.341. The number of rotatable bonds is 3. The van der Waals surface area contributed by atoms with Gasteiger partial charge < -0.3 is 15.0 Å². The molecule has 5 nitrogen and oxygen atoms in total. The van der Waals surface area contributed by atoms with E-state index in [1.807, 2.05) is 33.9 Å². The van der Waals surface area contributed by atoms with Crippen molar-refractivity contribution in [2.75, 3.05) is 6.54 Å². The Balaban J connectivity index is 2.14. The summed E-state index contributed by atoms with van der Waals surface area (Å²) in [7, 11) is -0.341. The van der Waals surface area contributed by atoms with Gasteiger partial charge in [-0.1, -0.05) is 0 Å². The molecule has 1 aromatic heterocycles. The van der Waals surface area contributed by atoms with Crippen molar-refractivity contribution < 1.29 is 9.31 Å². The molecule has 1 aliphatic heterocycles. The topological polar surface area (TPSA) is 62.3 Å². The summed E-state index contributed by atoms with van der Waals surface area (Å²) in [5.74, 6) is 0. The van der Waals surface area contributed by atoms with E-state index >= 15 is 0 Å². The highest BCUT2D eigenvalue weighted by Crippen LogP contribution is 2.36. The molecule has 6 heteroatoms. The van der Waals surface area contributed by atoms with Gasteiger partial charge in [-0.15, -0.1) is 0 Å². The molecular weight excluding hydrogens is 217 g/mol. The number of aromatic nitrogens is 2. The standard InChI is InChI=1S/C11H20BN3O2/c1-10(2)11(3,4)17-12(16-10)9-7-14-15(8-9)6-5-13/h7-8H,5-6,13H2,1-4H3. The van der Waals surface area contributed by atoms with Crippen molar-refractivity contribution in [3.05, 3.63) is 12.4 Å². The maximum atomic E-state index is 5.93. The van der Waals surface area contributed by atoms with E-state index in [-0.39, 0.29) is 18.3 Å². The van der Waals surface area contributed by atoms with Crippen LogP contribution in [0.2, 0.25) is 0 Å². The van der Waals surface area contributed by atoms with Gasteiger partial charge in [0.15, 0.2) is 0 Å². The molecule has 0 unspecified atom stereocenters. The molecule has 1 fully saturated rings.